The number of nitrogens with zero attached hydrogens (tertiary/aromatic N) is 2. The summed E-state index contributed by atoms with van der Waals surface area (Å²) in [7, 11) is 0. The third kappa shape index (κ3) is 4.09. The number of aromatic nitrogens is 2. The number of nitrogens with one attached hydrogen (secondary N) is 3. The number of nitrogen functional groups attached to an aromatic ring is 1. The van der Waals surface area contributed by atoms with Crippen LogP contribution in [0.25, 0.3) is 0 Å². The zero-order valence-corrected chi connectivity index (χ0v) is 9.16. The van der Waals surface area contributed by atoms with Crippen LogP contribution in [0.5, 0.6) is 0 Å². The molecule has 0 aliphatic heterocycles. The van der Waals surface area contributed by atoms with Gasteiger partial charge in [-0.1, -0.05) is 6.92 Å². The molecule has 5 N–H and O–H groups in total. The minimum Gasteiger partial charge on any atom is -0.361 e. The van der Waals surface area contributed by atoms with E-state index in [2.05, 4.69) is 26.0 Å². The van der Waals surface area contributed by atoms with Gasteiger partial charge >= 0.3 is 0 Å². The first kappa shape index (κ1) is 12.2. The molecule has 0 saturated heterocycles. The Morgan fingerprint density at radius 3 is 2.88 bits per heavy atom. The van der Waals surface area contributed by atoms with Gasteiger partial charge in [-0.2, -0.15) is 0 Å². The van der Waals surface area contributed by atoms with Gasteiger partial charge in [0.25, 0.3) is 0 Å². The predicted molar refractivity (Wildman–Crippen MR) is 61.6 cm³/mol. The number of amides is 1. The van der Waals surface area contributed by atoms with Crippen LogP contribution >= 0.6 is 0 Å². The van der Waals surface area contributed by atoms with Crippen LogP contribution in [0.4, 0.5) is 11.6 Å². The first-order chi connectivity index (χ1) is 7.76. The van der Waals surface area contributed by atoms with Crippen molar-refractivity contribution in [3.8, 4) is 0 Å². The summed E-state index contributed by atoms with van der Waals surface area (Å²) in [4.78, 5) is 19.1. The number of nitrogens with two attached hydrogens (primary N) is 1. The molecule has 1 heterocycles. The maximum Gasteiger partial charge on any atom is 0.239 e. The molecule has 0 aromatic carbocycles. The first-order valence-electron chi connectivity index (χ1n) is 5.05. The highest BCUT2D eigenvalue weighted by atomic mass is 16.1. The minimum absolute atomic E-state index is 0.0669. The van der Waals surface area contributed by atoms with Crippen molar-refractivity contribution in [3.63, 3.8) is 0 Å². The predicted octanol–water partition coefficient (Wildman–Crippen LogP) is -0.300. The lowest BCUT2D eigenvalue weighted by atomic mass is 10.4. The lowest BCUT2D eigenvalue weighted by Gasteiger charge is -2.06. The summed E-state index contributed by atoms with van der Waals surface area (Å²) >= 11 is 0. The van der Waals surface area contributed by atoms with Crippen molar-refractivity contribution < 1.29 is 4.79 Å². The van der Waals surface area contributed by atoms with Crippen molar-refractivity contribution >= 4 is 17.5 Å². The molecule has 0 bridgehead atoms. The van der Waals surface area contributed by atoms with Gasteiger partial charge in [-0.05, 0) is 6.42 Å². The second kappa shape index (κ2) is 6.57. The Morgan fingerprint density at radius 1 is 1.44 bits per heavy atom. The summed E-state index contributed by atoms with van der Waals surface area (Å²) < 4.78 is 0. The van der Waals surface area contributed by atoms with Crippen LogP contribution < -0.4 is 21.9 Å². The van der Waals surface area contributed by atoms with Gasteiger partial charge in [0.15, 0.2) is 0 Å². The van der Waals surface area contributed by atoms with E-state index in [4.69, 9.17) is 5.84 Å². The second-order valence-electron chi connectivity index (χ2n) is 3.14. The third-order valence-corrected chi connectivity index (χ3v) is 1.82. The van der Waals surface area contributed by atoms with Crippen LogP contribution in [0.3, 0.4) is 0 Å². The number of hydrogen-bond acceptors (Lipinski definition) is 6. The Kier molecular flexibility index (Phi) is 5.00. The van der Waals surface area contributed by atoms with Gasteiger partial charge in [0.05, 0.1) is 6.54 Å². The van der Waals surface area contributed by atoms with Crippen molar-refractivity contribution in [2.45, 2.75) is 13.3 Å². The van der Waals surface area contributed by atoms with Gasteiger partial charge in [-0.25, -0.2) is 15.8 Å². The average Bonchev–Trinajstić information content (AvgIpc) is 2.34. The summed E-state index contributed by atoms with van der Waals surface area (Å²) in [5.41, 5.74) is 2.40. The fourth-order valence-corrected chi connectivity index (χ4v) is 1.03. The van der Waals surface area contributed by atoms with Crippen molar-refractivity contribution in [3.05, 3.63) is 12.4 Å². The van der Waals surface area contributed by atoms with E-state index in [9.17, 15) is 4.79 Å². The molecule has 0 unspecified atom stereocenters. The topological polar surface area (TPSA) is 105 Å². The van der Waals surface area contributed by atoms with E-state index in [0.29, 0.717) is 18.2 Å². The van der Waals surface area contributed by atoms with Crippen molar-refractivity contribution in [1.29, 1.82) is 0 Å². The molecule has 0 radical (unpaired) electrons. The molecule has 0 saturated carbocycles. The zero-order valence-electron chi connectivity index (χ0n) is 9.16. The molecule has 1 rings (SSSR count). The Balaban J connectivity index is 2.38. The Bertz CT molecular complexity index is 343. The van der Waals surface area contributed by atoms with E-state index in [1.807, 2.05) is 6.92 Å². The normalized spacial score (nSPS) is 9.62. The SMILES string of the molecule is CCCNC(=O)CNc1cc(NN)ncn1. The van der Waals surface area contributed by atoms with Crippen molar-refractivity contribution in [2.75, 3.05) is 23.8 Å². The monoisotopic (exact) mass is 224 g/mol. The van der Waals surface area contributed by atoms with Crippen molar-refractivity contribution in [1.82, 2.24) is 15.3 Å². The van der Waals surface area contributed by atoms with Crippen LogP contribution in [0, 0.1) is 0 Å². The molecule has 0 atom stereocenters. The third-order valence-electron chi connectivity index (χ3n) is 1.82. The smallest absolute Gasteiger partial charge is 0.239 e. The van der Waals surface area contributed by atoms with Crippen LogP contribution in [0.1, 0.15) is 13.3 Å². The highest BCUT2D eigenvalue weighted by Crippen LogP contribution is 2.05. The van der Waals surface area contributed by atoms with E-state index in [1.54, 1.807) is 6.07 Å². The number of hydrogen-bond donors (Lipinski definition) is 4. The van der Waals surface area contributed by atoms with E-state index in [-0.39, 0.29) is 12.5 Å². The van der Waals surface area contributed by atoms with Gasteiger partial charge in [0, 0.05) is 12.6 Å². The minimum atomic E-state index is -0.0669. The quantitative estimate of drug-likeness (QED) is 0.390. The van der Waals surface area contributed by atoms with Crippen LogP contribution in [-0.2, 0) is 4.79 Å². The standard InChI is InChI=1S/C9H16N6O/c1-2-3-11-9(16)5-12-7-4-8(15-10)14-6-13-7/h4,6H,2-3,5,10H2,1H3,(H,11,16)(H2,12,13,14,15). The summed E-state index contributed by atoms with van der Waals surface area (Å²) in [6.07, 6.45) is 2.28. The van der Waals surface area contributed by atoms with E-state index >= 15 is 0 Å². The first-order valence-corrected chi connectivity index (χ1v) is 5.05. The van der Waals surface area contributed by atoms with Gasteiger partial charge < -0.3 is 16.1 Å². The molecule has 1 aromatic rings. The highest BCUT2D eigenvalue weighted by molar-refractivity contribution is 5.80. The molecule has 1 amide bonds. The largest absolute Gasteiger partial charge is 0.361 e. The molecule has 0 spiro atoms. The Morgan fingerprint density at radius 2 is 2.19 bits per heavy atom. The molecule has 0 aliphatic carbocycles. The summed E-state index contributed by atoms with van der Waals surface area (Å²) in [6.45, 7) is 2.86. The Labute approximate surface area is 93.8 Å². The lowest BCUT2D eigenvalue weighted by Crippen LogP contribution is -2.30. The number of hydrazine groups is 1. The molecular weight excluding hydrogens is 208 g/mol. The van der Waals surface area contributed by atoms with Crippen molar-refractivity contribution in [2.24, 2.45) is 5.84 Å². The van der Waals surface area contributed by atoms with Gasteiger partial charge in [0.1, 0.15) is 18.0 Å². The maximum absolute atomic E-state index is 11.3. The fourth-order valence-electron chi connectivity index (χ4n) is 1.03. The molecule has 7 heteroatoms. The highest BCUT2D eigenvalue weighted by Gasteiger charge is 2.01. The van der Waals surface area contributed by atoms with Gasteiger partial charge in [0.2, 0.25) is 5.91 Å². The molecule has 16 heavy (non-hydrogen) atoms. The Hall–Kier alpha value is -1.89. The molecule has 0 aliphatic rings. The number of rotatable bonds is 6. The summed E-state index contributed by atoms with van der Waals surface area (Å²) in [5, 5.41) is 5.62. The van der Waals surface area contributed by atoms with E-state index in [0.717, 1.165) is 6.42 Å². The van der Waals surface area contributed by atoms with Crippen LogP contribution in [-0.4, -0.2) is 29.0 Å². The van der Waals surface area contributed by atoms with Gasteiger partial charge in [-0.15, -0.1) is 0 Å². The van der Waals surface area contributed by atoms with E-state index in [1.165, 1.54) is 6.33 Å². The number of carbonyl (C=O) groups is 1. The molecule has 7 nitrogen and oxygen atoms in total. The second-order valence-corrected chi connectivity index (χ2v) is 3.14. The zero-order chi connectivity index (χ0) is 11.8. The summed E-state index contributed by atoms with van der Waals surface area (Å²) in [6, 6.07) is 1.62. The average molecular weight is 224 g/mol. The summed E-state index contributed by atoms with van der Waals surface area (Å²) in [5.74, 6) is 6.17. The van der Waals surface area contributed by atoms with Crippen LogP contribution in [0.15, 0.2) is 12.4 Å². The van der Waals surface area contributed by atoms with Crippen LogP contribution in [0.2, 0.25) is 0 Å². The molecule has 0 fully saturated rings. The number of carbonyl (C=O) groups excluding carboxylic acids is 1. The van der Waals surface area contributed by atoms with E-state index < -0.39 is 0 Å². The molecule has 88 valence electrons. The maximum atomic E-state index is 11.3. The number of anilines is 2. The molecular formula is C9H16N6O. The lowest BCUT2D eigenvalue weighted by molar-refractivity contribution is -0.119. The van der Waals surface area contributed by atoms with Gasteiger partial charge in [-0.3, -0.25) is 4.79 Å². The fraction of sp³-hybridized carbons (Fsp3) is 0.444. The molecule has 1 aromatic heterocycles.